The van der Waals surface area contributed by atoms with Crippen LogP contribution in [0.25, 0.3) is 0 Å². The van der Waals surface area contributed by atoms with E-state index in [1.54, 1.807) is 18.2 Å². The van der Waals surface area contributed by atoms with Gasteiger partial charge in [0.15, 0.2) is 17.3 Å². The summed E-state index contributed by atoms with van der Waals surface area (Å²) in [5.41, 5.74) is 1.00. The number of aromatic hydroxyl groups is 1. The third-order valence-corrected chi connectivity index (χ3v) is 6.03. The van der Waals surface area contributed by atoms with Crippen LogP contribution in [-0.2, 0) is 0 Å². The molecule has 2 aliphatic rings. The minimum atomic E-state index is -0.367. The topological polar surface area (TPSA) is 54.8 Å². The van der Waals surface area contributed by atoms with Gasteiger partial charge in [0.25, 0.3) is 0 Å². The molecular weight excluding hydrogens is 359 g/mol. The molecule has 1 aliphatic carbocycles. The van der Waals surface area contributed by atoms with Crippen molar-refractivity contribution in [3.63, 3.8) is 0 Å². The van der Waals surface area contributed by atoms with E-state index in [9.17, 15) is 9.50 Å². The molecule has 0 bridgehead atoms. The molecular formula is C22H27FN2O3. The summed E-state index contributed by atoms with van der Waals surface area (Å²) >= 11 is 0. The van der Waals surface area contributed by atoms with Crippen LogP contribution in [0.2, 0.25) is 0 Å². The van der Waals surface area contributed by atoms with Crippen molar-refractivity contribution >= 4 is 0 Å². The highest BCUT2D eigenvalue weighted by atomic mass is 19.1. The first-order chi connectivity index (χ1) is 13.5. The lowest BCUT2D eigenvalue weighted by atomic mass is 10.0. The van der Waals surface area contributed by atoms with Crippen LogP contribution in [0.1, 0.15) is 31.4 Å². The number of halogens is 1. The molecule has 1 aliphatic heterocycles. The molecule has 2 aromatic rings. The van der Waals surface area contributed by atoms with E-state index in [1.807, 2.05) is 6.07 Å². The molecule has 1 saturated carbocycles. The number of fused-ring (bicyclic) bond motifs is 1. The van der Waals surface area contributed by atoms with Gasteiger partial charge in [0.2, 0.25) is 0 Å². The lowest BCUT2D eigenvalue weighted by Gasteiger charge is -2.23. The molecule has 6 heteroatoms. The number of benzene rings is 1. The van der Waals surface area contributed by atoms with Gasteiger partial charge in [0, 0.05) is 31.2 Å². The van der Waals surface area contributed by atoms with Gasteiger partial charge in [-0.25, -0.2) is 4.39 Å². The third-order valence-electron chi connectivity index (χ3n) is 6.03. The Labute approximate surface area is 165 Å². The number of hydrogen-bond acceptors (Lipinski definition) is 5. The minimum absolute atomic E-state index is 0.0409. The molecule has 1 aromatic heterocycles. The van der Waals surface area contributed by atoms with Crippen molar-refractivity contribution in [2.24, 2.45) is 11.8 Å². The van der Waals surface area contributed by atoms with Crippen molar-refractivity contribution in [1.29, 1.82) is 0 Å². The summed E-state index contributed by atoms with van der Waals surface area (Å²) in [6, 6.07) is 8.36. The molecule has 0 spiro atoms. The van der Waals surface area contributed by atoms with Gasteiger partial charge in [-0.05, 0) is 48.9 Å². The number of likely N-dealkylation sites (tertiary alicyclic amines) is 1. The molecule has 5 nitrogen and oxygen atoms in total. The maximum atomic E-state index is 14.1. The Kier molecular flexibility index (Phi) is 5.40. The van der Waals surface area contributed by atoms with E-state index in [0.717, 1.165) is 38.2 Å². The molecule has 1 N–H and O–H groups in total. The third kappa shape index (κ3) is 3.92. The molecule has 2 fully saturated rings. The quantitative estimate of drug-likeness (QED) is 0.818. The van der Waals surface area contributed by atoms with E-state index in [-0.39, 0.29) is 23.4 Å². The fourth-order valence-electron chi connectivity index (χ4n) is 4.69. The largest absolute Gasteiger partial charge is 0.506 e. The molecule has 0 radical (unpaired) electrons. The smallest absolute Gasteiger partial charge is 0.197 e. The Morgan fingerprint density at radius 1 is 1.21 bits per heavy atom. The highest BCUT2D eigenvalue weighted by Gasteiger charge is 2.42. The summed E-state index contributed by atoms with van der Waals surface area (Å²) in [7, 11) is 1.53. The monoisotopic (exact) mass is 386 g/mol. The lowest BCUT2D eigenvalue weighted by Crippen LogP contribution is -2.28. The van der Waals surface area contributed by atoms with Crippen LogP contribution in [0.5, 0.6) is 17.2 Å². The van der Waals surface area contributed by atoms with Gasteiger partial charge in [0.05, 0.1) is 19.4 Å². The Morgan fingerprint density at radius 3 is 2.61 bits per heavy atom. The average molecular weight is 386 g/mol. The zero-order chi connectivity index (χ0) is 19.7. The average Bonchev–Trinajstić information content (AvgIpc) is 3.21. The van der Waals surface area contributed by atoms with Crippen molar-refractivity contribution < 1.29 is 19.0 Å². The number of pyridine rings is 1. The first kappa shape index (κ1) is 19.0. The van der Waals surface area contributed by atoms with Crippen LogP contribution < -0.4 is 9.47 Å². The standard InChI is InChI=1S/C22H27FN2O3/c1-14(20-7-6-17(26)10-24-20)11-25-12-15-8-18(9-16(15)13-25)28-22-19(23)4-3-5-21(22)27-2/h3-7,10,14-16,18,26H,8-9,11-13H2,1-2H3/t14?,15-,16+,18+. The highest BCUT2D eigenvalue weighted by molar-refractivity contribution is 5.41. The van der Waals surface area contributed by atoms with Gasteiger partial charge in [-0.15, -0.1) is 0 Å². The molecule has 1 saturated heterocycles. The van der Waals surface area contributed by atoms with Gasteiger partial charge in [-0.2, -0.15) is 0 Å². The Hall–Kier alpha value is -2.34. The van der Waals surface area contributed by atoms with Crippen molar-refractivity contribution in [2.75, 3.05) is 26.7 Å². The predicted molar refractivity (Wildman–Crippen MR) is 104 cm³/mol. The second kappa shape index (κ2) is 7.95. The number of aromatic nitrogens is 1. The molecule has 2 heterocycles. The minimum Gasteiger partial charge on any atom is -0.506 e. The summed E-state index contributed by atoms with van der Waals surface area (Å²) in [5, 5.41) is 9.40. The van der Waals surface area contributed by atoms with Crippen molar-refractivity contribution in [3.8, 4) is 17.2 Å². The normalized spacial score (nSPS) is 25.5. The number of ether oxygens (including phenoxy) is 2. The first-order valence-corrected chi connectivity index (χ1v) is 9.90. The zero-order valence-corrected chi connectivity index (χ0v) is 16.3. The summed E-state index contributed by atoms with van der Waals surface area (Å²) in [4.78, 5) is 6.83. The van der Waals surface area contributed by atoms with Crippen molar-refractivity contribution in [1.82, 2.24) is 9.88 Å². The summed E-state index contributed by atoms with van der Waals surface area (Å²) in [6.45, 7) is 5.21. The fourth-order valence-corrected chi connectivity index (χ4v) is 4.69. The van der Waals surface area contributed by atoms with Crippen LogP contribution in [0.4, 0.5) is 4.39 Å². The predicted octanol–water partition coefficient (Wildman–Crippen LogP) is 3.83. The molecule has 4 rings (SSSR count). The summed E-state index contributed by atoms with van der Waals surface area (Å²) in [6.07, 6.45) is 3.44. The second-order valence-electron chi connectivity index (χ2n) is 8.06. The molecule has 0 amide bonds. The molecule has 28 heavy (non-hydrogen) atoms. The van der Waals surface area contributed by atoms with Crippen LogP contribution in [0.3, 0.4) is 0 Å². The Balaban J connectivity index is 1.32. The summed E-state index contributed by atoms with van der Waals surface area (Å²) < 4.78 is 25.4. The van der Waals surface area contributed by atoms with Gasteiger partial charge in [-0.3, -0.25) is 4.98 Å². The zero-order valence-electron chi connectivity index (χ0n) is 16.3. The SMILES string of the molecule is COc1cccc(F)c1O[C@H]1C[C@@H]2CN(CC(C)c3ccc(O)cn3)C[C@@H]2C1. The van der Waals surface area contributed by atoms with E-state index < -0.39 is 0 Å². The molecule has 150 valence electrons. The van der Waals surface area contributed by atoms with Gasteiger partial charge in [-0.1, -0.05) is 13.0 Å². The summed E-state index contributed by atoms with van der Waals surface area (Å²) in [5.74, 6) is 2.00. The second-order valence-corrected chi connectivity index (χ2v) is 8.06. The van der Waals surface area contributed by atoms with E-state index in [4.69, 9.17) is 9.47 Å². The number of hydrogen-bond donors (Lipinski definition) is 1. The van der Waals surface area contributed by atoms with Gasteiger partial charge >= 0.3 is 0 Å². The van der Waals surface area contributed by atoms with E-state index in [1.165, 1.54) is 19.4 Å². The number of nitrogens with zero attached hydrogens (tertiary/aromatic N) is 2. The highest BCUT2D eigenvalue weighted by Crippen LogP contribution is 2.42. The van der Waals surface area contributed by atoms with Gasteiger partial charge in [0.1, 0.15) is 5.75 Å². The number of rotatable bonds is 6. The molecule has 4 atom stereocenters. The van der Waals surface area contributed by atoms with Crippen molar-refractivity contribution in [2.45, 2.75) is 31.8 Å². The number of para-hydroxylation sites is 1. The van der Waals surface area contributed by atoms with Crippen LogP contribution in [0, 0.1) is 17.7 Å². The number of methoxy groups -OCH3 is 1. The van der Waals surface area contributed by atoms with Crippen LogP contribution >= 0.6 is 0 Å². The maximum Gasteiger partial charge on any atom is 0.197 e. The first-order valence-electron chi connectivity index (χ1n) is 9.90. The van der Waals surface area contributed by atoms with E-state index in [0.29, 0.717) is 23.5 Å². The lowest BCUT2D eigenvalue weighted by molar-refractivity contribution is 0.170. The Bertz CT molecular complexity index is 800. The van der Waals surface area contributed by atoms with E-state index >= 15 is 0 Å². The van der Waals surface area contributed by atoms with Gasteiger partial charge < -0.3 is 19.5 Å². The molecule has 1 aromatic carbocycles. The van der Waals surface area contributed by atoms with Crippen LogP contribution in [-0.4, -0.2) is 47.8 Å². The fraction of sp³-hybridized carbons (Fsp3) is 0.500. The molecule has 1 unspecified atom stereocenters. The Morgan fingerprint density at radius 2 is 1.96 bits per heavy atom. The maximum absolute atomic E-state index is 14.1. The van der Waals surface area contributed by atoms with E-state index in [2.05, 4.69) is 16.8 Å². The van der Waals surface area contributed by atoms with Crippen molar-refractivity contribution in [3.05, 3.63) is 48.0 Å². The van der Waals surface area contributed by atoms with Crippen LogP contribution in [0.15, 0.2) is 36.5 Å².